The first-order valence-electron chi connectivity index (χ1n) is 9.54. The van der Waals surface area contributed by atoms with Crippen LogP contribution < -0.4 is 11.1 Å². The van der Waals surface area contributed by atoms with Gasteiger partial charge in [0.1, 0.15) is 11.3 Å². The zero-order valence-electron chi connectivity index (χ0n) is 17.6. The Kier molecular flexibility index (Phi) is 7.37. The van der Waals surface area contributed by atoms with E-state index in [1.165, 1.54) is 0 Å². The monoisotopic (exact) mass is 407 g/mol. The van der Waals surface area contributed by atoms with Crippen molar-refractivity contribution in [2.75, 3.05) is 6.67 Å². The Morgan fingerprint density at radius 1 is 1.24 bits per heavy atom. The van der Waals surface area contributed by atoms with Crippen LogP contribution in [-0.4, -0.2) is 29.3 Å². The molecule has 2 aromatic rings. The molecule has 7 nitrogen and oxygen atoms in total. The van der Waals surface area contributed by atoms with Gasteiger partial charge in [0.2, 0.25) is 0 Å². The lowest BCUT2D eigenvalue weighted by molar-refractivity contribution is -0.0979. The number of nitrogens with two attached hydrogens (primary N) is 1. The van der Waals surface area contributed by atoms with Crippen molar-refractivity contribution in [3.63, 3.8) is 0 Å². The molecule has 2 rings (SSSR count). The molecular formula is C21H30FN3O4. The summed E-state index contributed by atoms with van der Waals surface area (Å²) in [5.41, 5.74) is 6.14. The number of alkyl halides is 1. The van der Waals surface area contributed by atoms with Gasteiger partial charge in [-0.25, -0.2) is 4.79 Å². The molecule has 1 amide bonds. The second-order valence-electron chi connectivity index (χ2n) is 8.23. The first-order valence-corrected chi connectivity index (χ1v) is 9.54. The normalized spacial score (nSPS) is 13.2. The number of hydrogen-bond donors (Lipinski definition) is 2. The molecule has 0 bridgehead atoms. The molecule has 0 spiro atoms. The summed E-state index contributed by atoms with van der Waals surface area (Å²) in [5, 5.41) is 6.55. The fourth-order valence-electron chi connectivity index (χ4n) is 2.73. The maximum absolute atomic E-state index is 13.1. The molecule has 0 radical (unpaired) electrons. The maximum Gasteiger partial charge on any atom is 0.409 e. The van der Waals surface area contributed by atoms with Gasteiger partial charge >= 0.3 is 6.09 Å². The predicted molar refractivity (Wildman–Crippen MR) is 108 cm³/mol. The number of carbonyl (C=O) groups excluding carboxylic acids is 1. The fraction of sp³-hybridized carbons (Fsp3) is 0.524. The van der Waals surface area contributed by atoms with E-state index in [9.17, 15) is 9.18 Å². The minimum atomic E-state index is -1.05. The lowest BCUT2D eigenvalue weighted by Gasteiger charge is -2.32. The molecule has 0 aliphatic carbocycles. The molecule has 1 aromatic heterocycles. The summed E-state index contributed by atoms with van der Waals surface area (Å²) < 4.78 is 29.7. The van der Waals surface area contributed by atoms with Gasteiger partial charge < -0.3 is 19.7 Å². The number of ether oxygens (including phenoxy) is 2. The summed E-state index contributed by atoms with van der Waals surface area (Å²) in [4.78, 5) is 12.1. The summed E-state index contributed by atoms with van der Waals surface area (Å²) in [5.74, 6) is 0.604. The average molecular weight is 407 g/mol. The molecule has 1 atom stereocenters. The van der Waals surface area contributed by atoms with Crippen molar-refractivity contribution >= 4 is 6.09 Å². The molecule has 8 heteroatoms. The number of halogens is 1. The van der Waals surface area contributed by atoms with Crippen molar-refractivity contribution in [2.45, 2.75) is 65.0 Å². The summed E-state index contributed by atoms with van der Waals surface area (Å²) >= 11 is 0. The zero-order chi connectivity index (χ0) is 21.7. The van der Waals surface area contributed by atoms with Gasteiger partial charge in [-0.1, -0.05) is 29.4 Å². The molecule has 3 N–H and O–H groups in total. The largest absolute Gasteiger partial charge is 0.444 e. The van der Waals surface area contributed by atoms with Crippen LogP contribution in [0.3, 0.4) is 0 Å². The van der Waals surface area contributed by atoms with Crippen LogP contribution in [0.4, 0.5) is 9.18 Å². The van der Waals surface area contributed by atoms with Crippen LogP contribution in [0.2, 0.25) is 0 Å². The van der Waals surface area contributed by atoms with Crippen LogP contribution in [-0.2, 0) is 16.0 Å². The Labute approximate surface area is 170 Å². The molecular weight excluding hydrogens is 377 g/mol. The summed E-state index contributed by atoms with van der Waals surface area (Å²) in [7, 11) is 0. The molecule has 1 heterocycles. The number of carbonyl (C=O) groups is 1. The molecule has 0 aliphatic heterocycles. The van der Waals surface area contributed by atoms with E-state index in [0.29, 0.717) is 18.0 Å². The van der Waals surface area contributed by atoms with Crippen LogP contribution in [0, 0.1) is 0 Å². The lowest BCUT2D eigenvalue weighted by Crippen LogP contribution is -2.48. The Balaban J connectivity index is 2.10. The van der Waals surface area contributed by atoms with E-state index < -0.39 is 30.2 Å². The number of nitrogens with one attached hydrogen (secondary N) is 1. The minimum absolute atomic E-state index is 0.151. The van der Waals surface area contributed by atoms with Crippen LogP contribution in [0.25, 0.3) is 11.3 Å². The van der Waals surface area contributed by atoms with Gasteiger partial charge in [-0.15, -0.1) is 0 Å². The third-order valence-corrected chi connectivity index (χ3v) is 3.95. The Morgan fingerprint density at radius 3 is 2.41 bits per heavy atom. The van der Waals surface area contributed by atoms with E-state index >= 15 is 0 Å². The van der Waals surface area contributed by atoms with E-state index in [4.69, 9.17) is 19.7 Å². The number of alkyl carbamates (subject to hydrolysis) is 1. The van der Waals surface area contributed by atoms with Gasteiger partial charge in [-0.05, 0) is 40.2 Å². The van der Waals surface area contributed by atoms with E-state index in [2.05, 4.69) is 10.5 Å². The summed E-state index contributed by atoms with van der Waals surface area (Å²) in [6.07, 6.45) is -0.996. The number of benzene rings is 1. The quantitative estimate of drug-likeness (QED) is 0.626. The molecule has 160 valence electrons. The van der Waals surface area contributed by atoms with Gasteiger partial charge in [-0.2, -0.15) is 0 Å². The molecule has 1 unspecified atom stereocenters. The highest BCUT2D eigenvalue weighted by Crippen LogP contribution is 2.29. The highest BCUT2D eigenvalue weighted by atomic mass is 19.1. The Hall–Kier alpha value is -2.45. The average Bonchev–Trinajstić information content (AvgIpc) is 3.08. The standard InChI is InChI=1S/C21H30FN3O4/c1-20(2,3)28-19(26)24-21(4,5)27-17(10-11-22)14-6-8-15(9-7-14)18-12-16(13-23)25-29-18/h6-9,12,17H,10-11,13,23H2,1-5H3,(H,24,26). The SMILES string of the molecule is CC(C)(C)OC(=O)NC(C)(C)OC(CCF)c1ccc(-c2cc(CN)no2)cc1. The van der Waals surface area contributed by atoms with Crippen LogP contribution in [0.5, 0.6) is 0 Å². The van der Waals surface area contributed by atoms with Crippen molar-refractivity contribution in [1.29, 1.82) is 0 Å². The van der Waals surface area contributed by atoms with Crippen LogP contribution in [0.15, 0.2) is 34.9 Å². The molecule has 1 aromatic carbocycles. The molecule has 0 saturated heterocycles. The van der Waals surface area contributed by atoms with Crippen molar-refractivity contribution in [3.8, 4) is 11.3 Å². The molecule has 0 aliphatic rings. The van der Waals surface area contributed by atoms with Gasteiger partial charge in [0.25, 0.3) is 0 Å². The van der Waals surface area contributed by atoms with Gasteiger partial charge in [0.05, 0.1) is 18.5 Å². The van der Waals surface area contributed by atoms with Crippen molar-refractivity contribution in [3.05, 3.63) is 41.6 Å². The van der Waals surface area contributed by atoms with Gasteiger partial charge in [-0.3, -0.25) is 9.71 Å². The van der Waals surface area contributed by atoms with E-state index in [0.717, 1.165) is 11.1 Å². The maximum atomic E-state index is 13.1. The first-order chi connectivity index (χ1) is 13.5. The fourth-order valence-corrected chi connectivity index (χ4v) is 2.73. The number of aromatic nitrogens is 1. The van der Waals surface area contributed by atoms with Gasteiger partial charge in [0, 0.05) is 24.6 Å². The number of nitrogens with zero attached hydrogens (tertiary/aromatic N) is 1. The Bertz CT molecular complexity index is 797. The van der Waals surface area contributed by atoms with Crippen LogP contribution in [0.1, 0.15) is 58.4 Å². The van der Waals surface area contributed by atoms with E-state index in [-0.39, 0.29) is 6.42 Å². The third kappa shape index (κ3) is 7.14. The number of hydrogen-bond acceptors (Lipinski definition) is 6. The molecule has 0 fully saturated rings. The summed E-state index contributed by atoms with van der Waals surface area (Å²) in [6, 6.07) is 9.14. The minimum Gasteiger partial charge on any atom is -0.444 e. The third-order valence-electron chi connectivity index (χ3n) is 3.95. The van der Waals surface area contributed by atoms with Crippen LogP contribution >= 0.6 is 0 Å². The lowest BCUT2D eigenvalue weighted by atomic mass is 10.0. The predicted octanol–water partition coefficient (Wildman–Crippen LogP) is 4.48. The zero-order valence-corrected chi connectivity index (χ0v) is 17.6. The molecule has 0 saturated carbocycles. The van der Waals surface area contributed by atoms with Crippen molar-refractivity contribution in [1.82, 2.24) is 10.5 Å². The smallest absolute Gasteiger partial charge is 0.409 e. The van der Waals surface area contributed by atoms with Crippen molar-refractivity contribution < 1.29 is 23.2 Å². The highest BCUT2D eigenvalue weighted by molar-refractivity contribution is 5.68. The summed E-state index contributed by atoms with van der Waals surface area (Å²) in [6.45, 7) is 8.46. The number of amides is 1. The Morgan fingerprint density at radius 2 is 1.90 bits per heavy atom. The van der Waals surface area contributed by atoms with E-state index in [1.807, 2.05) is 24.3 Å². The second-order valence-corrected chi connectivity index (χ2v) is 8.23. The molecule has 29 heavy (non-hydrogen) atoms. The van der Waals surface area contributed by atoms with Gasteiger partial charge in [0.15, 0.2) is 5.76 Å². The van der Waals surface area contributed by atoms with E-state index in [1.54, 1.807) is 40.7 Å². The van der Waals surface area contributed by atoms with Crippen molar-refractivity contribution in [2.24, 2.45) is 5.73 Å². The first kappa shape index (κ1) is 22.8. The number of rotatable bonds is 8. The topological polar surface area (TPSA) is 99.6 Å². The second kappa shape index (κ2) is 9.37. The highest BCUT2D eigenvalue weighted by Gasteiger charge is 2.29.